The summed E-state index contributed by atoms with van der Waals surface area (Å²) in [5.41, 5.74) is 2.86. The molecule has 0 atom stereocenters. The molecule has 4 rings (SSSR count). The Bertz CT molecular complexity index is 1550. The molecule has 0 aliphatic heterocycles. The number of halogens is 1. The molecule has 0 aliphatic rings. The molecule has 192 valence electrons. The molecule has 0 amide bonds. The lowest BCUT2D eigenvalue weighted by Crippen LogP contribution is -2.17. The summed E-state index contributed by atoms with van der Waals surface area (Å²) in [5, 5.41) is 11.2. The van der Waals surface area contributed by atoms with Gasteiger partial charge in [-0.15, -0.1) is 0 Å². The van der Waals surface area contributed by atoms with Crippen LogP contribution in [0.5, 0.6) is 11.5 Å². The van der Waals surface area contributed by atoms with E-state index in [1.165, 1.54) is 12.1 Å². The van der Waals surface area contributed by atoms with Gasteiger partial charge in [0.1, 0.15) is 11.6 Å². The molecule has 6 heteroatoms. The second kappa shape index (κ2) is 9.94. The van der Waals surface area contributed by atoms with Crippen LogP contribution in [0.4, 0.5) is 4.39 Å². The van der Waals surface area contributed by atoms with Gasteiger partial charge in [-0.3, -0.25) is 9.59 Å². The van der Waals surface area contributed by atoms with E-state index in [1.807, 2.05) is 17.6 Å². The number of aliphatic hydroxyl groups is 1. The van der Waals surface area contributed by atoms with Crippen LogP contribution in [-0.4, -0.2) is 15.5 Å². The smallest absolute Gasteiger partial charge is 0.192 e. The van der Waals surface area contributed by atoms with E-state index in [0.717, 1.165) is 6.42 Å². The number of benzene rings is 3. The van der Waals surface area contributed by atoms with Crippen LogP contribution in [-0.2, 0) is 5.60 Å². The molecule has 0 saturated heterocycles. The minimum Gasteiger partial charge on any atom is -0.455 e. The Morgan fingerprint density at radius 1 is 1.00 bits per heavy atom. The van der Waals surface area contributed by atoms with Crippen molar-refractivity contribution >= 4 is 16.7 Å². The summed E-state index contributed by atoms with van der Waals surface area (Å²) in [6.07, 6.45) is 2.85. The zero-order valence-corrected chi connectivity index (χ0v) is 22.1. The van der Waals surface area contributed by atoms with Crippen molar-refractivity contribution < 1.29 is 19.0 Å². The maximum Gasteiger partial charge on any atom is 0.192 e. The first-order valence-electron chi connectivity index (χ1n) is 12.4. The van der Waals surface area contributed by atoms with Crippen LogP contribution in [0.15, 0.2) is 59.5 Å². The molecule has 0 spiro atoms. The zero-order chi connectivity index (χ0) is 27.1. The van der Waals surface area contributed by atoms with Gasteiger partial charge < -0.3 is 14.4 Å². The average Bonchev–Trinajstić information content (AvgIpc) is 2.83. The average molecular weight is 502 g/mol. The van der Waals surface area contributed by atoms with E-state index < -0.39 is 5.60 Å². The van der Waals surface area contributed by atoms with E-state index in [9.17, 15) is 19.1 Å². The zero-order valence-electron chi connectivity index (χ0n) is 22.1. The highest BCUT2D eigenvalue weighted by Gasteiger charge is 2.21. The van der Waals surface area contributed by atoms with Gasteiger partial charge in [-0.25, -0.2) is 4.39 Å². The van der Waals surface area contributed by atoms with Crippen LogP contribution in [0.25, 0.3) is 16.6 Å². The summed E-state index contributed by atoms with van der Waals surface area (Å²) in [5.74, 6) is 0.648. The van der Waals surface area contributed by atoms with Crippen molar-refractivity contribution in [2.75, 3.05) is 0 Å². The van der Waals surface area contributed by atoms with Crippen molar-refractivity contribution in [2.45, 2.75) is 60.0 Å². The van der Waals surface area contributed by atoms with Crippen molar-refractivity contribution in [1.82, 2.24) is 4.57 Å². The molecule has 0 unspecified atom stereocenters. The van der Waals surface area contributed by atoms with Crippen LogP contribution < -0.4 is 10.2 Å². The third-order valence-electron chi connectivity index (χ3n) is 6.54. The van der Waals surface area contributed by atoms with Gasteiger partial charge >= 0.3 is 0 Å². The molecule has 1 N–H and O–H groups in total. The maximum atomic E-state index is 13.9. The number of rotatable bonds is 7. The molecule has 0 radical (unpaired) electrons. The summed E-state index contributed by atoms with van der Waals surface area (Å²) < 4.78 is 22.1. The molecule has 0 fully saturated rings. The molecule has 0 aliphatic carbocycles. The maximum absolute atomic E-state index is 13.9. The lowest BCUT2D eigenvalue weighted by atomic mass is 9.97. The van der Waals surface area contributed by atoms with Gasteiger partial charge in [-0.05, 0) is 94.1 Å². The Balaban J connectivity index is 2.03. The van der Waals surface area contributed by atoms with Crippen molar-refractivity contribution in [3.8, 4) is 17.2 Å². The number of carbonyl (C=O) groups is 1. The number of hydrogen-bond acceptors (Lipinski definition) is 4. The predicted molar refractivity (Wildman–Crippen MR) is 145 cm³/mol. The minimum absolute atomic E-state index is 0.00301. The van der Waals surface area contributed by atoms with Crippen molar-refractivity contribution in [3.63, 3.8) is 0 Å². The molecule has 1 heterocycles. The van der Waals surface area contributed by atoms with Gasteiger partial charge in [0.15, 0.2) is 17.0 Å². The number of hydrogen-bond donors (Lipinski definition) is 1. The third kappa shape index (κ3) is 5.20. The first kappa shape index (κ1) is 26.3. The Morgan fingerprint density at radius 2 is 1.68 bits per heavy atom. The highest BCUT2D eigenvalue weighted by Crippen LogP contribution is 2.37. The standard InChI is InChI=1S/C31H32FNO4/c1-7-8-27(34)21-9-11-24-25(15-21)33(17-20(4)29(24)35)26-16-22(31(5,6)36)10-12-28(26)37-30-18(2)13-23(32)14-19(30)3/h9-17,36H,7-8H2,1-6H3. The molecular formula is C31H32FNO4. The summed E-state index contributed by atoms with van der Waals surface area (Å²) in [6, 6.07) is 13.3. The summed E-state index contributed by atoms with van der Waals surface area (Å²) >= 11 is 0. The third-order valence-corrected chi connectivity index (χ3v) is 6.54. The van der Waals surface area contributed by atoms with Gasteiger partial charge in [0.25, 0.3) is 0 Å². The van der Waals surface area contributed by atoms with E-state index in [1.54, 1.807) is 71.1 Å². The van der Waals surface area contributed by atoms with Crippen molar-refractivity contribution in [2.24, 2.45) is 0 Å². The van der Waals surface area contributed by atoms with E-state index in [0.29, 0.717) is 62.3 Å². The molecule has 4 aromatic rings. The topological polar surface area (TPSA) is 68.5 Å². The lowest BCUT2D eigenvalue weighted by Gasteiger charge is -2.23. The van der Waals surface area contributed by atoms with Crippen molar-refractivity contribution in [1.29, 1.82) is 0 Å². The first-order chi connectivity index (χ1) is 17.4. The van der Waals surface area contributed by atoms with E-state index in [-0.39, 0.29) is 17.0 Å². The first-order valence-corrected chi connectivity index (χ1v) is 12.4. The van der Waals surface area contributed by atoms with Gasteiger partial charge in [0, 0.05) is 29.1 Å². The predicted octanol–water partition coefficient (Wildman–Crippen LogP) is 7.06. The Morgan fingerprint density at radius 3 is 2.30 bits per heavy atom. The van der Waals surface area contributed by atoms with E-state index >= 15 is 0 Å². The normalized spacial score (nSPS) is 11.7. The van der Waals surface area contributed by atoms with Gasteiger partial charge in [-0.2, -0.15) is 0 Å². The van der Waals surface area contributed by atoms with Gasteiger partial charge in [0.05, 0.1) is 16.8 Å². The van der Waals surface area contributed by atoms with Crippen molar-refractivity contribution in [3.05, 3.63) is 98.6 Å². The summed E-state index contributed by atoms with van der Waals surface area (Å²) in [4.78, 5) is 25.7. The Labute approximate surface area is 216 Å². The fourth-order valence-corrected chi connectivity index (χ4v) is 4.54. The van der Waals surface area contributed by atoms with E-state index in [4.69, 9.17) is 4.74 Å². The Kier molecular flexibility index (Phi) is 7.07. The van der Waals surface area contributed by atoms with E-state index in [2.05, 4.69) is 0 Å². The monoisotopic (exact) mass is 501 g/mol. The number of pyridine rings is 1. The number of fused-ring (bicyclic) bond motifs is 1. The van der Waals surface area contributed by atoms with Gasteiger partial charge in [0.2, 0.25) is 0 Å². The lowest BCUT2D eigenvalue weighted by molar-refractivity contribution is 0.0785. The number of carbonyl (C=O) groups excluding carboxylic acids is 1. The molecule has 1 aromatic heterocycles. The highest BCUT2D eigenvalue weighted by atomic mass is 19.1. The molecule has 5 nitrogen and oxygen atoms in total. The number of ether oxygens (including phenoxy) is 1. The second-order valence-corrected chi connectivity index (χ2v) is 10.1. The quantitative estimate of drug-likeness (QED) is 0.275. The number of ketones is 1. The Hall–Kier alpha value is -3.77. The fraction of sp³-hybridized carbons (Fsp3) is 0.290. The van der Waals surface area contributed by atoms with Crippen LogP contribution in [0.2, 0.25) is 0 Å². The second-order valence-electron chi connectivity index (χ2n) is 10.1. The largest absolute Gasteiger partial charge is 0.455 e. The van der Waals surface area contributed by atoms with Crippen LogP contribution in [0.3, 0.4) is 0 Å². The molecule has 0 bridgehead atoms. The molecule has 37 heavy (non-hydrogen) atoms. The highest BCUT2D eigenvalue weighted by molar-refractivity contribution is 5.99. The van der Waals surface area contributed by atoms with Crippen LogP contribution in [0.1, 0.15) is 66.2 Å². The number of nitrogens with zero attached hydrogens (tertiary/aromatic N) is 1. The fourth-order valence-electron chi connectivity index (χ4n) is 4.54. The SMILES string of the molecule is CCCC(=O)c1ccc2c(=O)c(C)cn(-c3cc(C(C)(C)O)ccc3Oc3c(C)cc(F)cc3C)c2c1. The number of aromatic nitrogens is 1. The molecular weight excluding hydrogens is 469 g/mol. The summed E-state index contributed by atoms with van der Waals surface area (Å²) in [7, 11) is 0. The van der Waals surface area contributed by atoms with Gasteiger partial charge in [-0.1, -0.05) is 19.1 Å². The summed E-state index contributed by atoms with van der Waals surface area (Å²) in [6.45, 7) is 10.6. The van der Waals surface area contributed by atoms with Crippen LogP contribution in [0, 0.1) is 26.6 Å². The number of aryl methyl sites for hydroxylation is 3. The molecule has 0 saturated carbocycles. The number of Topliss-reactive ketones (excluding diaryl/α,β-unsaturated/α-hetero) is 1. The molecule has 3 aromatic carbocycles. The van der Waals surface area contributed by atoms with Crippen LogP contribution >= 0.6 is 0 Å². The minimum atomic E-state index is -1.14.